The largest absolute Gasteiger partial charge is 0.383 e. The Morgan fingerprint density at radius 1 is 1.30 bits per heavy atom. The summed E-state index contributed by atoms with van der Waals surface area (Å²) in [6.45, 7) is 2.23. The van der Waals surface area contributed by atoms with Crippen LogP contribution in [0, 0.1) is 0 Å². The molecule has 1 aliphatic rings. The van der Waals surface area contributed by atoms with Crippen molar-refractivity contribution in [3.63, 3.8) is 0 Å². The van der Waals surface area contributed by atoms with E-state index in [-0.39, 0.29) is 0 Å². The van der Waals surface area contributed by atoms with E-state index in [0.29, 0.717) is 12.6 Å². The number of nitrogens with one attached hydrogen (secondary N) is 1. The van der Waals surface area contributed by atoms with Crippen LogP contribution in [0.5, 0.6) is 0 Å². The van der Waals surface area contributed by atoms with Crippen LogP contribution >= 0.6 is 0 Å². The highest BCUT2D eigenvalue weighted by Gasteiger charge is 2.20. The molecule has 1 heterocycles. The number of hydrogen-bond donors (Lipinski definition) is 1. The summed E-state index contributed by atoms with van der Waals surface area (Å²) in [7, 11) is 1.71. The molecule has 20 heavy (non-hydrogen) atoms. The molecule has 0 unspecified atom stereocenters. The molecule has 1 aromatic carbocycles. The van der Waals surface area contributed by atoms with Crippen LogP contribution in [0.25, 0.3) is 0 Å². The number of aromatic nitrogens is 3. The zero-order valence-electron chi connectivity index (χ0n) is 11.7. The van der Waals surface area contributed by atoms with Gasteiger partial charge in [-0.3, -0.25) is 0 Å². The molecule has 5 heteroatoms. The lowest BCUT2D eigenvalue weighted by Crippen LogP contribution is -2.30. The second-order valence-corrected chi connectivity index (χ2v) is 5.19. The van der Waals surface area contributed by atoms with Gasteiger partial charge in [0.1, 0.15) is 12.2 Å². The van der Waals surface area contributed by atoms with Crippen molar-refractivity contribution in [1.82, 2.24) is 20.1 Å². The summed E-state index contributed by atoms with van der Waals surface area (Å²) >= 11 is 0. The average Bonchev–Trinajstić information content (AvgIpc) is 3.08. The van der Waals surface area contributed by atoms with Crippen LogP contribution in [-0.4, -0.2) is 34.5 Å². The minimum atomic E-state index is 0.500. The average molecular weight is 272 g/mol. The van der Waals surface area contributed by atoms with Gasteiger partial charge in [-0.05, 0) is 24.0 Å². The maximum atomic E-state index is 5.09. The van der Waals surface area contributed by atoms with E-state index in [1.165, 1.54) is 11.1 Å². The Labute approximate surface area is 119 Å². The second-order valence-electron chi connectivity index (χ2n) is 5.19. The number of fused-ring (bicyclic) bond motifs is 1. The van der Waals surface area contributed by atoms with Crippen molar-refractivity contribution in [2.45, 2.75) is 32.0 Å². The topological polar surface area (TPSA) is 52.0 Å². The Morgan fingerprint density at radius 3 is 2.75 bits per heavy atom. The van der Waals surface area contributed by atoms with Crippen molar-refractivity contribution in [1.29, 1.82) is 0 Å². The van der Waals surface area contributed by atoms with Crippen LogP contribution in [0.3, 0.4) is 0 Å². The highest BCUT2D eigenvalue weighted by molar-refractivity contribution is 5.33. The molecule has 0 fully saturated rings. The summed E-state index contributed by atoms with van der Waals surface area (Å²) < 4.78 is 7.13. The highest BCUT2D eigenvalue weighted by atomic mass is 16.5. The van der Waals surface area contributed by atoms with Crippen molar-refractivity contribution < 1.29 is 4.74 Å². The summed E-state index contributed by atoms with van der Waals surface area (Å²) in [6.07, 6.45) is 3.96. The van der Waals surface area contributed by atoms with E-state index < -0.39 is 0 Å². The van der Waals surface area contributed by atoms with E-state index in [2.05, 4.69) is 39.8 Å². The molecule has 0 bridgehead atoms. The van der Waals surface area contributed by atoms with Crippen molar-refractivity contribution in [3.8, 4) is 0 Å². The van der Waals surface area contributed by atoms with E-state index in [0.717, 1.165) is 31.8 Å². The molecule has 3 rings (SSSR count). The molecule has 0 amide bonds. The Hall–Kier alpha value is -1.72. The standard InChI is InChI=1S/C15H20N4O/c1-20-7-6-19-11-17-18-15(19)10-16-14-8-12-4-2-3-5-13(12)9-14/h2-5,11,14,16H,6-10H2,1H3. The minimum Gasteiger partial charge on any atom is -0.383 e. The molecular weight excluding hydrogens is 252 g/mol. The fraction of sp³-hybridized carbons (Fsp3) is 0.467. The van der Waals surface area contributed by atoms with E-state index in [1.54, 1.807) is 13.4 Å². The molecule has 1 N–H and O–H groups in total. The molecule has 0 aliphatic heterocycles. The summed E-state index contributed by atoms with van der Waals surface area (Å²) in [5.41, 5.74) is 2.93. The van der Waals surface area contributed by atoms with Gasteiger partial charge in [0.05, 0.1) is 13.2 Å². The smallest absolute Gasteiger partial charge is 0.146 e. The number of methoxy groups -OCH3 is 1. The van der Waals surface area contributed by atoms with Crippen LogP contribution in [0.2, 0.25) is 0 Å². The van der Waals surface area contributed by atoms with Gasteiger partial charge in [-0.1, -0.05) is 24.3 Å². The van der Waals surface area contributed by atoms with Gasteiger partial charge < -0.3 is 14.6 Å². The predicted molar refractivity (Wildman–Crippen MR) is 76.4 cm³/mol. The van der Waals surface area contributed by atoms with Crippen LogP contribution in [0.4, 0.5) is 0 Å². The van der Waals surface area contributed by atoms with E-state index >= 15 is 0 Å². The molecule has 0 atom stereocenters. The highest BCUT2D eigenvalue weighted by Crippen LogP contribution is 2.21. The molecule has 1 aromatic heterocycles. The van der Waals surface area contributed by atoms with E-state index in [4.69, 9.17) is 4.74 Å². The Morgan fingerprint density at radius 2 is 2.05 bits per heavy atom. The summed E-state index contributed by atoms with van der Waals surface area (Å²) in [6, 6.07) is 9.17. The first-order valence-corrected chi connectivity index (χ1v) is 7.02. The van der Waals surface area contributed by atoms with E-state index in [9.17, 15) is 0 Å². The number of nitrogens with zero attached hydrogens (tertiary/aromatic N) is 3. The zero-order valence-corrected chi connectivity index (χ0v) is 11.7. The van der Waals surface area contributed by atoms with Crippen molar-refractivity contribution in [3.05, 3.63) is 47.5 Å². The number of hydrogen-bond acceptors (Lipinski definition) is 4. The predicted octanol–water partition coefficient (Wildman–Crippen LogP) is 1.18. The van der Waals surface area contributed by atoms with Gasteiger partial charge >= 0.3 is 0 Å². The number of rotatable bonds is 6. The maximum absolute atomic E-state index is 5.09. The van der Waals surface area contributed by atoms with Crippen molar-refractivity contribution in [2.75, 3.05) is 13.7 Å². The Kier molecular flexibility index (Phi) is 4.08. The van der Waals surface area contributed by atoms with E-state index in [1.807, 2.05) is 4.57 Å². The van der Waals surface area contributed by atoms with Gasteiger partial charge in [-0.15, -0.1) is 10.2 Å². The molecule has 0 spiro atoms. The molecular formula is C15H20N4O. The van der Waals surface area contributed by atoms with Gasteiger partial charge in [-0.2, -0.15) is 0 Å². The van der Waals surface area contributed by atoms with Crippen LogP contribution in [0.1, 0.15) is 17.0 Å². The van der Waals surface area contributed by atoms with Crippen LogP contribution in [-0.2, 0) is 30.7 Å². The lowest BCUT2D eigenvalue weighted by atomic mass is 10.1. The lowest BCUT2D eigenvalue weighted by Gasteiger charge is -2.12. The number of ether oxygens (including phenoxy) is 1. The first-order valence-electron chi connectivity index (χ1n) is 7.02. The fourth-order valence-corrected chi connectivity index (χ4v) is 2.73. The molecule has 106 valence electrons. The quantitative estimate of drug-likeness (QED) is 0.858. The third-order valence-electron chi connectivity index (χ3n) is 3.83. The summed E-state index contributed by atoms with van der Waals surface area (Å²) in [4.78, 5) is 0. The third kappa shape index (κ3) is 2.89. The molecule has 1 aliphatic carbocycles. The van der Waals surface area contributed by atoms with Crippen LogP contribution < -0.4 is 5.32 Å². The van der Waals surface area contributed by atoms with Gasteiger partial charge in [0.2, 0.25) is 0 Å². The zero-order chi connectivity index (χ0) is 13.8. The first-order chi connectivity index (χ1) is 9.86. The van der Waals surface area contributed by atoms with Crippen LogP contribution in [0.15, 0.2) is 30.6 Å². The van der Waals surface area contributed by atoms with Crippen molar-refractivity contribution >= 4 is 0 Å². The Balaban J connectivity index is 1.55. The van der Waals surface area contributed by atoms with Gasteiger partial charge in [-0.25, -0.2) is 0 Å². The second kappa shape index (κ2) is 6.15. The molecule has 0 radical (unpaired) electrons. The minimum absolute atomic E-state index is 0.500. The fourth-order valence-electron chi connectivity index (χ4n) is 2.73. The van der Waals surface area contributed by atoms with Crippen molar-refractivity contribution in [2.24, 2.45) is 0 Å². The van der Waals surface area contributed by atoms with Gasteiger partial charge in [0.15, 0.2) is 0 Å². The van der Waals surface area contributed by atoms with Gasteiger partial charge in [0.25, 0.3) is 0 Å². The third-order valence-corrected chi connectivity index (χ3v) is 3.83. The summed E-state index contributed by atoms with van der Waals surface area (Å²) in [5.74, 6) is 0.970. The molecule has 0 saturated heterocycles. The number of benzene rings is 1. The first kappa shape index (κ1) is 13.3. The lowest BCUT2D eigenvalue weighted by molar-refractivity contribution is 0.186. The monoisotopic (exact) mass is 272 g/mol. The normalized spacial score (nSPS) is 14.7. The molecule has 2 aromatic rings. The summed E-state index contributed by atoms with van der Waals surface area (Å²) in [5, 5.41) is 11.7. The van der Waals surface area contributed by atoms with Gasteiger partial charge in [0, 0.05) is 19.7 Å². The SMILES string of the molecule is COCCn1cnnc1CNC1Cc2ccccc2C1. The molecule has 5 nitrogen and oxygen atoms in total. The molecule has 0 saturated carbocycles. The Bertz CT molecular complexity index is 542. The maximum Gasteiger partial charge on any atom is 0.146 e.